The lowest BCUT2D eigenvalue weighted by Crippen LogP contribution is -2.28. The number of carbonyl (C=O) groups is 1. The number of carbonyl (C=O) groups excluding carboxylic acids is 1. The van der Waals surface area contributed by atoms with E-state index in [4.69, 9.17) is 19.3 Å². The highest BCUT2D eigenvalue weighted by molar-refractivity contribution is 5.93. The standard InChI is InChI=1S/C24H27N3O4/c1-15(17-12-21(29-2)23(31-4)22(13-17)30-3)25-24(28)20-14-19(16-10-11-16)26-27(20)18-8-6-5-7-9-18/h5-9,12-16H,10-11H2,1-4H3,(H,25,28). The molecule has 1 N–H and O–H groups in total. The zero-order valence-corrected chi connectivity index (χ0v) is 18.2. The lowest BCUT2D eigenvalue weighted by Gasteiger charge is -2.19. The van der Waals surface area contributed by atoms with Gasteiger partial charge in [-0.05, 0) is 55.7 Å². The lowest BCUT2D eigenvalue weighted by molar-refractivity contribution is 0.0932. The van der Waals surface area contributed by atoms with E-state index in [-0.39, 0.29) is 11.9 Å². The van der Waals surface area contributed by atoms with Crippen molar-refractivity contribution >= 4 is 5.91 Å². The van der Waals surface area contributed by atoms with E-state index in [0.29, 0.717) is 28.9 Å². The minimum atomic E-state index is -0.287. The average Bonchev–Trinajstić information content (AvgIpc) is 3.56. The maximum absolute atomic E-state index is 13.3. The molecule has 1 amide bonds. The molecule has 1 unspecified atom stereocenters. The van der Waals surface area contributed by atoms with Gasteiger partial charge in [-0.3, -0.25) is 4.79 Å². The molecule has 7 heteroatoms. The topological polar surface area (TPSA) is 74.6 Å². The van der Waals surface area contributed by atoms with Crippen LogP contribution in [0.25, 0.3) is 5.69 Å². The molecule has 1 heterocycles. The molecule has 0 saturated heterocycles. The van der Waals surface area contributed by atoms with Crippen LogP contribution in [0, 0.1) is 0 Å². The second-order valence-corrected chi connectivity index (χ2v) is 7.63. The second-order valence-electron chi connectivity index (χ2n) is 7.63. The van der Waals surface area contributed by atoms with E-state index in [9.17, 15) is 4.79 Å². The normalized spacial score (nSPS) is 14.1. The molecule has 0 radical (unpaired) electrons. The van der Waals surface area contributed by atoms with Gasteiger partial charge in [0.05, 0.1) is 38.8 Å². The molecule has 7 nitrogen and oxygen atoms in total. The molecule has 1 atom stereocenters. The van der Waals surface area contributed by atoms with Gasteiger partial charge in [-0.15, -0.1) is 0 Å². The Labute approximate surface area is 181 Å². The summed E-state index contributed by atoms with van der Waals surface area (Å²) in [7, 11) is 4.71. The van der Waals surface area contributed by atoms with Crippen LogP contribution in [0.2, 0.25) is 0 Å². The highest BCUT2D eigenvalue weighted by atomic mass is 16.5. The van der Waals surface area contributed by atoms with Gasteiger partial charge >= 0.3 is 0 Å². The number of hydrogen-bond acceptors (Lipinski definition) is 5. The molecule has 162 valence electrons. The van der Waals surface area contributed by atoms with Crippen molar-refractivity contribution in [3.8, 4) is 22.9 Å². The monoisotopic (exact) mass is 421 g/mol. The summed E-state index contributed by atoms with van der Waals surface area (Å²) >= 11 is 0. The number of methoxy groups -OCH3 is 3. The van der Waals surface area contributed by atoms with Gasteiger partial charge in [0, 0.05) is 5.92 Å². The van der Waals surface area contributed by atoms with Crippen molar-refractivity contribution in [1.29, 1.82) is 0 Å². The number of benzene rings is 2. The second kappa shape index (κ2) is 8.71. The van der Waals surface area contributed by atoms with Crippen molar-refractivity contribution in [1.82, 2.24) is 15.1 Å². The van der Waals surface area contributed by atoms with Crippen molar-refractivity contribution in [3.05, 3.63) is 65.5 Å². The molecule has 1 saturated carbocycles. The van der Waals surface area contributed by atoms with E-state index in [1.807, 2.05) is 55.5 Å². The Morgan fingerprint density at radius 1 is 1.03 bits per heavy atom. The SMILES string of the molecule is COc1cc(C(C)NC(=O)c2cc(C3CC3)nn2-c2ccccc2)cc(OC)c1OC. The molecular formula is C24H27N3O4. The predicted molar refractivity (Wildman–Crippen MR) is 118 cm³/mol. The van der Waals surface area contributed by atoms with E-state index in [2.05, 4.69) is 5.32 Å². The fourth-order valence-electron chi connectivity index (χ4n) is 3.61. The molecule has 1 aliphatic carbocycles. The van der Waals surface area contributed by atoms with Gasteiger partial charge in [0.1, 0.15) is 5.69 Å². The molecule has 0 spiro atoms. The van der Waals surface area contributed by atoms with Crippen LogP contribution in [0.15, 0.2) is 48.5 Å². The third kappa shape index (κ3) is 4.21. The molecule has 4 rings (SSSR count). The van der Waals surface area contributed by atoms with Crippen LogP contribution < -0.4 is 19.5 Å². The molecule has 31 heavy (non-hydrogen) atoms. The molecule has 1 aromatic heterocycles. The van der Waals surface area contributed by atoms with Gasteiger partial charge in [-0.2, -0.15) is 5.10 Å². The summed E-state index contributed by atoms with van der Waals surface area (Å²) in [4.78, 5) is 13.3. The number of nitrogens with one attached hydrogen (secondary N) is 1. The molecule has 0 bridgehead atoms. The van der Waals surface area contributed by atoms with Crippen molar-refractivity contribution in [2.24, 2.45) is 0 Å². The van der Waals surface area contributed by atoms with Crippen molar-refractivity contribution in [3.63, 3.8) is 0 Å². The molecule has 2 aromatic carbocycles. The summed E-state index contributed by atoms with van der Waals surface area (Å²) < 4.78 is 18.0. The van der Waals surface area contributed by atoms with Crippen molar-refractivity contribution < 1.29 is 19.0 Å². The summed E-state index contributed by atoms with van der Waals surface area (Å²) in [6.07, 6.45) is 2.24. The van der Waals surface area contributed by atoms with Crippen LogP contribution in [-0.2, 0) is 0 Å². The van der Waals surface area contributed by atoms with Crippen LogP contribution in [0.4, 0.5) is 0 Å². The number of ether oxygens (including phenoxy) is 3. The van der Waals surface area contributed by atoms with Gasteiger partial charge in [0.15, 0.2) is 11.5 Å². The van der Waals surface area contributed by atoms with Gasteiger partial charge < -0.3 is 19.5 Å². The fraction of sp³-hybridized carbons (Fsp3) is 0.333. The van der Waals surface area contributed by atoms with Gasteiger partial charge in [0.2, 0.25) is 5.75 Å². The first-order valence-electron chi connectivity index (χ1n) is 10.3. The predicted octanol–water partition coefficient (Wildman–Crippen LogP) is 4.27. The Morgan fingerprint density at radius 2 is 1.68 bits per heavy atom. The van der Waals surface area contributed by atoms with Crippen molar-refractivity contribution in [2.75, 3.05) is 21.3 Å². The van der Waals surface area contributed by atoms with Gasteiger partial charge in [0.25, 0.3) is 5.91 Å². The van der Waals surface area contributed by atoms with Crippen LogP contribution in [0.1, 0.15) is 53.5 Å². The van der Waals surface area contributed by atoms with E-state index >= 15 is 0 Å². The Bertz CT molecular complexity index is 1050. The zero-order chi connectivity index (χ0) is 22.0. The highest BCUT2D eigenvalue weighted by Gasteiger charge is 2.29. The van der Waals surface area contributed by atoms with E-state index < -0.39 is 0 Å². The molecule has 3 aromatic rings. The van der Waals surface area contributed by atoms with E-state index in [0.717, 1.165) is 29.8 Å². The Morgan fingerprint density at radius 3 is 2.23 bits per heavy atom. The Hall–Kier alpha value is -3.48. The summed E-state index contributed by atoms with van der Waals surface area (Å²) in [6.45, 7) is 1.92. The van der Waals surface area contributed by atoms with Gasteiger partial charge in [-0.1, -0.05) is 18.2 Å². The van der Waals surface area contributed by atoms with Crippen LogP contribution in [0.3, 0.4) is 0 Å². The summed E-state index contributed by atoms with van der Waals surface area (Å²) in [5.74, 6) is 1.86. The first kappa shape index (κ1) is 20.8. The quantitative estimate of drug-likeness (QED) is 0.588. The Kier molecular flexibility index (Phi) is 5.84. The van der Waals surface area contributed by atoms with Crippen LogP contribution in [-0.4, -0.2) is 37.0 Å². The number of amides is 1. The molecule has 1 aliphatic rings. The smallest absolute Gasteiger partial charge is 0.270 e. The average molecular weight is 421 g/mol. The summed E-state index contributed by atoms with van der Waals surface area (Å²) in [5, 5.41) is 7.80. The van der Waals surface area contributed by atoms with Crippen molar-refractivity contribution in [2.45, 2.75) is 31.7 Å². The summed E-state index contributed by atoms with van der Waals surface area (Å²) in [5.41, 5.74) is 3.19. The maximum atomic E-state index is 13.3. The number of aromatic nitrogens is 2. The largest absolute Gasteiger partial charge is 0.493 e. The summed E-state index contributed by atoms with van der Waals surface area (Å²) in [6, 6.07) is 15.0. The lowest BCUT2D eigenvalue weighted by atomic mass is 10.1. The number of para-hydroxylation sites is 1. The fourth-order valence-corrected chi connectivity index (χ4v) is 3.61. The number of rotatable bonds is 8. The Balaban J connectivity index is 1.63. The minimum Gasteiger partial charge on any atom is -0.493 e. The minimum absolute atomic E-state index is 0.190. The third-order valence-corrected chi connectivity index (χ3v) is 5.49. The molecular weight excluding hydrogens is 394 g/mol. The van der Waals surface area contributed by atoms with Crippen LogP contribution >= 0.6 is 0 Å². The van der Waals surface area contributed by atoms with E-state index in [1.165, 1.54) is 0 Å². The molecule has 0 aliphatic heterocycles. The van der Waals surface area contributed by atoms with Gasteiger partial charge in [-0.25, -0.2) is 4.68 Å². The van der Waals surface area contributed by atoms with E-state index in [1.54, 1.807) is 26.0 Å². The first-order valence-corrected chi connectivity index (χ1v) is 10.3. The number of nitrogens with zero attached hydrogens (tertiary/aromatic N) is 2. The first-order chi connectivity index (χ1) is 15.0. The van der Waals surface area contributed by atoms with Crippen LogP contribution in [0.5, 0.6) is 17.2 Å². The number of hydrogen-bond donors (Lipinski definition) is 1. The zero-order valence-electron chi connectivity index (χ0n) is 18.2. The molecule has 1 fully saturated rings. The highest BCUT2D eigenvalue weighted by Crippen LogP contribution is 2.41. The third-order valence-electron chi connectivity index (χ3n) is 5.49. The maximum Gasteiger partial charge on any atom is 0.270 e.